The maximum atomic E-state index is 15.2. The Morgan fingerprint density at radius 3 is 2.40 bits per heavy atom. The largest absolute Gasteiger partial charge is 0.444 e. The first-order chi connectivity index (χ1) is 14.0. The lowest BCUT2D eigenvalue weighted by atomic mass is 9.96. The second-order valence-corrected chi connectivity index (χ2v) is 9.19. The number of rotatable bonds is 8. The zero-order chi connectivity index (χ0) is 22.4. The Hall–Kier alpha value is -1.78. The van der Waals surface area contributed by atoms with Crippen LogP contribution >= 0.6 is 22.6 Å². The molecule has 0 unspecified atom stereocenters. The van der Waals surface area contributed by atoms with Crippen molar-refractivity contribution < 1.29 is 23.4 Å². The minimum absolute atomic E-state index is 0.144. The van der Waals surface area contributed by atoms with E-state index in [9.17, 15) is 9.90 Å². The van der Waals surface area contributed by atoms with Gasteiger partial charge in [-0.25, -0.2) is 4.79 Å². The molecule has 2 aromatic carbocycles. The molecule has 0 aliphatic carbocycles. The molecule has 2 aromatic rings. The van der Waals surface area contributed by atoms with E-state index in [1.807, 2.05) is 24.3 Å². The van der Waals surface area contributed by atoms with Gasteiger partial charge in [0.15, 0.2) is 0 Å². The van der Waals surface area contributed by atoms with Crippen molar-refractivity contribution in [1.82, 2.24) is 10.6 Å². The Morgan fingerprint density at radius 2 is 1.80 bits per heavy atom. The molecule has 0 radical (unpaired) electrons. The second kappa shape index (κ2) is 10.5. The molecule has 3 N–H and O–H groups in total. The molecule has 2 atom stereocenters. The summed E-state index contributed by atoms with van der Waals surface area (Å²) < 4.78 is 36.6. The lowest BCUT2D eigenvalue weighted by Gasteiger charge is -2.32. The third-order valence-corrected chi connectivity index (χ3v) is 4.85. The Morgan fingerprint density at radius 1 is 1.13 bits per heavy atom. The smallest absolute Gasteiger partial charge is 0.408 e. The van der Waals surface area contributed by atoms with Crippen LogP contribution in [0.4, 0.5) is 13.6 Å². The molecule has 2 rings (SSSR count). The number of amides is 1. The number of ether oxygens (including phenoxy) is 1. The minimum atomic E-state index is -3.51. The summed E-state index contributed by atoms with van der Waals surface area (Å²) >= 11 is 2.18. The number of alkyl halides is 2. The van der Waals surface area contributed by atoms with Crippen molar-refractivity contribution in [1.29, 1.82) is 0 Å². The number of aliphatic hydroxyl groups excluding tert-OH is 1. The molecule has 1 amide bonds. The van der Waals surface area contributed by atoms with Crippen LogP contribution in [0.3, 0.4) is 0 Å². The van der Waals surface area contributed by atoms with E-state index >= 15 is 8.78 Å². The summed E-state index contributed by atoms with van der Waals surface area (Å²) in [7, 11) is 0. The Labute approximate surface area is 189 Å². The van der Waals surface area contributed by atoms with E-state index in [-0.39, 0.29) is 12.1 Å². The molecular weight excluding hydrogens is 505 g/mol. The summed E-state index contributed by atoms with van der Waals surface area (Å²) in [4.78, 5) is 12.2. The van der Waals surface area contributed by atoms with E-state index in [0.29, 0.717) is 6.54 Å². The van der Waals surface area contributed by atoms with Gasteiger partial charge >= 0.3 is 6.09 Å². The highest BCUT2D eigenvalue weighted by atomic mass is 127. The minimum Gasteiger partial charge on any atom is -0.444 e. The number of hydrogen-bond acceptors (Lipinski definition) is 4. The number of carbonyl (C=O) groups is 1. The fraction of sp³-hybridized carbons (Fsp3) is 0.409. The molecule has 164 valence electrons. The first-order valence-electron chi connectivity index (χ1n) is 9.55. The predicted octanol–water partition coefficient (Wildman–Crippen LogP) is 4.43. The van der Waals surface area contributed by atoms with Crippen molar-refractivity contribution in [2.24, 2.45) is 0 Å². The predicted molar refractivity (Wildman–Crippen MR) is 120 cm³/mol. The van der Waals surface area contributed by atoms with Crippen LogP contribution in [-0.2, 0) is 17.2 Å². The average Bonchev–Trinajstić information content (AvgIpc) is 2.65. The molecule has 0 aliphatic heterocycles. The molecule has 0 spiro atoms. The van der Waals surface area contributed by atoms with Gasteiger partial charge in [-0.15, -0.1) is 0 Å². The normalized spacial score (nSPS) is 14.1. The van der Waals surface area contributed by atoms with E-state index in [0.717, 1.165) is 9.13 Å². The molecular formula is C22H27F2IN2O3. The van der Waals surface area contributed by atoms with Gasteiger partial charge in [0.05, 0.1) is 6.10 Å². The van der Waals surface area contributed by atoms with Gasteiger partial charge in [-0.3, -0.25) is 0 Å². The SMILES string of the molecule is CC(C)(C)OC(=O)N[C@@H]([C@H](O)CNCc1cccc(I)c1)C(F)(F)c1ccccc1. The first-order valence-corrected chi connectivity index (χ1v) is 10.6. The highest BCUT2D eigenvalue weighted by Gasteiger charge is 2.46. The van der Waals surface area contributed by atoms with Crippen molar-refractivity contribution in [3.8, 4) is 0 Å². The van der Waals surface area contributed by atoms with Crippen molar-refractivity contribution in [2.75, 3.05) is 6.54 Å². The third kappa shape index (κ3) is 7.48. The van der Waals surface area contributed by atoms with Crippen LogP contribution in [0.1, 0.15) is 31.9 Å². The van der Waals surface area contributed by atoms with Crippen molar-refractivity contribution in [3.05, 3.63) is 69.3 Å². The van der Waals surface area contributed by atoms with E-state index < -0.39 is 29.8 Å². The highest BCUT2D eigenvalue weighted by molar-refractivity contribution is 14.1. The Kier molecular flexibility index (Phi) is 8.57. The number of hydrogen-bond donors (Lipinski definition) is 3. The quantitative estimate of drug-likeness (QED) is 0.441. The van der Waals surface area contributed by atoms with E-state index in [1.165, 1.54) is 24.3 Å². The third-order valence-electron chi connectivity index (χ3n) is 4.18. The summed E-state index contributed by atoms with van der Waals surface area (Å²) in [6, 6.07) is 12.9. The fourth-order valence-corrected chi connectivity index (χ4v) is 3.44. The zero-order valence-corrected chi connectivity index (χ0v) is 19.3. The fourth-order valence-electron chi connectivity index (χ4n) is 2.83. The van der Waals surface area contributed by atoms with Crippen LogP contribution in [0.5, 0.6) is 0 Å². The summed E-state index contributed by atoms with van der Waals surface area (Å²) in [6.45, 7) is 5.15. The topological polar surface area (TPSA) is 70.6 Å². The number of alkyl carbamates (subject to hydrolysis) is 1. The molecule has 0 saturated heterocycles. The standard InChI is InChI=1S/C22H27F2IN2O3/c1-21(2,3)30-20(29)27-19(22(23,24)16-9-5-4-6-10-16)18(28)14-26-13-15-8-7-11-17(25)12-15/h4-12,18-19,26,28H,13-14H2,1-3H3,(H,27,29)/t18-,19+/m1/s1. The van der Waals surface area contributed by atoms with Gasteiger partial charge in [-0.05, 0) is 61.1 Å². The van der Waals surface area contributed by atoms with Gasteiger partial charge in [0.25, 0.3) is 5.92 Å². The number of carbonyl (C=O) groups excluding carboxylic acids is 1. The van der Waals surface area contributed by atoms with Crippen molar-refractivity contribution in [2.45, 2.75) is 51.0 Å². The van der Waals surface area contributed by atoms with E-state index in [2.05, 4.69) is 33.2 Å². The van der Waals surface area contributed by atoms with Crippen LogP contribution in [0.2, 0.25) is 0 Å². The summed E-state index contributed by atoms with van der Waals surface area (Å²) in [5.74, 6) is -3.51. The molecule has 0 aromatic heterocycles. The van der Waals surface area contributed by atoms with Crippen molar-refractivity contribution >= 4 is 28.7 Å². The second-order valence-electron chi connectivity index (χ2n) is 7.94. The van der Waals surface area contributed by atoms with Gasteiger partial charge in [0.1, 0.15) is 11.6 Å². The lowest BCUT2D eigenvalue weighted by Crippen LogP contribution is -2.56. The maximum Gasteiger partial charge on any atom is 0.408 e. The number of nitrogens with one attached hydrogen (secondary N) is 2. The van der Waals surface area contributed by atoms with Gasteiger partial charge in [-0.2, -0.15) is 8.78 Å². The van der Waals surface area contributed by atoms with Gasteiger partial charge in [-0.1, -0.05) is 42.5 Å². The van der Waals surface area contributed by atoms with Crippen molar-refractivity contribution in [3.63, 3.8) is 0 Å². The zero-order valence-electron chi connectivity index (χ0n) is 17.2. The number of aliphatic hydroxyl groups is 1. The van der Waals surface area contributed by atoms with Crippen LogP contribution in [0.15, 0.2) is 54.6 Å². The molecule has 8 heteroatoms. The molecule has 0 aliphatic rings. The van der Waals surface area contributed by atoms with Crippen LogP contribution in [0, 0.1) is 3.57 Å². The maximum absolute atomic E-state index is 15.2. The molecule has 0 fully saturated rings. The molecule has 0 saturated carbocycles. The van der Waals surface area contributed by atoms with E-state index in [4.69, 9.17) is 4.74 Å². The van der Waals surface area contributed by atoms with Crippen LogP contribution < -0.4 is 10.6 Å². The first kappa shape index (κ1) is 24.5. The average molecular weight is 532 g/mol. The summed E-state index contributed by atoms with van der Waals surface area (Å²) in [5, 5.41) is 15.7. The van der Waals surface area contributed by atoms with Crippen LogP contribution in [0.25, 0.3) is 0 Å². The Bertz CT molecular complexity index is 829. The number of benzene rings is 2. The molecule has 0 heterocycles. The van der Waals surface area contributed by atoms with Gasteiger partial charge in [0, 0.05) is 22.2 Å². The molecule has 0 bridgehead atoms. The van der Waals surface area contributed by atoms with Crippen LogP contribution in [-0.4, -0.2) is 35.5 Å². The monoisotopic (exact) mass is 532 g/mol. The number of halogens is 3. The lowest BCUT2D eigenvalue weighted by molar-refractivity contribution is -0.0848. The van der Waals surface area contributed by atoms with E-state index in [1.54, 1.807) is 26.8 Å². The summed E-state index contributed by atoms with van der Waals surface area (Å²) in [6.07, 6.45) is -2.57. The Balaban J connectivity index is 2.13. The van der Waals surface area contributed by atoms with Gasteiger partial charge in [0.2, 0.25) is 0 Å². The highest BCUT2D eigenvalue weighted by Crippen LogP contribution is 2.33. The molecule has 30 heavy (non-hydrogen) atoms. The molecule has 5 nitrogen and oxygen atoms in total. The van der Waals surface area contributed by atoms with Gasteiger partial charge < -0.3 is 20.5 Å². The summed E-state index contributed by atoms with van der Waals surface area (Å²) in [5.41, 5.74) is -0.201.